The number of piperidine rings is 1. The highest BCUT2D eigenvalue weighted by atomic mass is 16.2. The van der Waals surface area contributed by atoms with E-state index in [1.54, 1.807) is 7.05 Å². The van der Waals surface area contributed by atoms with Gasteiger partial charge in [-0.3, -0.25) is 18.9 Å². The van der Waals surface area contributed by atoms with Crippen LogP contribution in [0.5, 0.6) is 0 Å². The van der Waals surface area contributed by atoms with Crippen LogP contribution in [0.3, 0.4) is 0 Å². The molecule has 0 radical (unpaired) electrons. The van der Waals surface area contributed by atoms with Gasteiger partial charge in [-0.05, 0) is 25.0 Å². The van der Waals surface area contributed by atoms with Crippen molar-refractivity contribution in [3.05, 3.63) is 50.9 Å². The number of aromatic amines is 1. The fourth-order valence-electron chi connectivity index (χ4n) is 3.47. The average Bonchev–Trinajstić information content (AvgIpc) is 3.11. The van der Waals surface area contributed by atoms with Gasteiger partial charge in [-0.1, -0.05) is 6.07 Å². The van der Waals surface area contributed by atoms with Crippen molar-refractivity contribution >= 4 is 17.1 Å². The predicted octanol–water partition coefficient (Wildman–Crippen LogP) is 0.739. The molecule has 8 heteroatoms. The molecule has 1 aliphatic rings. The zero-order chi connectivity index (χ0) is 17.6. The van der Waals surface area contributed by atoms with Gasteiger partial charge in [-0.25, -0.2) is 4.79 Å². The van der Waals surface area contributed by atoms with Gasteiger partial charge in [-0.15, -0.1) is 0 Å². The van der Waals surface area contributed by atoms with Crippen LogP contribution < -0.4 is 16.1 Å². The van der Waals surface area contributed by atoms with Gasteiger partial charge in [0.2, 0.25) is 5.95 Å². The molecule has 4 heterocycles. The summed E-state index contributed by atoms with van der Waals surface area (Å²) in [5.74, 6) is 1.09. The zero-order valence-corrected chi connectivity index (χ0v) is 14.3. The summed E-state index contributed by atoms with van der Waals surface area (Å²) in [5.41, 5.74) is 1.18. The first-order valence-electron chi connectivity index (χ1n) is 8.38. The first kappa shape index (κ1) is 15.6. The monoisotopic (exact) mass is 340 g/mol. The lowest BCUT2D eigenvalue weighted by molar-refractivity contribution is 0.492. The van der Waals surface area contributed by atoms with Gasteiger partial charge in [0.05, 0.1) is 0 Å². The summed E-state index contributed by atoms with van der Waals surface area (Å²) in [5, 5.41) is 0. The maximum absolute atomic E-state index is 12.3. The highest BCUT2D eigenvalue weighted by Gasteiger charge is 2.24. The van der Waals surface area contributed by atoms with Gasteiger partial charge >= 0.3 is 5.69 Å². The van der Waals surface area contributed by atoms with E-state index in [0.29, 0.717) is 23.0 Å². The van der Waals surface area contributed by atoms with Crippen molar-refractivity contribution < 1.29 is 0 Å². The Kier molecular flexibility index (Phi) is 3.67. The van der Waals surface area contributed by atoms with E-state index in [0.717, 1.165) is 36.2 Å². The quantitative estimate of drug-likeness (QED) is 0.743. The number of fused-ring (bicyclic) bond motifs is 1. The van der Waals surface area contributed by atoms with Gasteiger partial charge in [0.25, 0.3) is 5.56 Å². The standard InChI is InChI=1S/C17H20N6O2/c1-21-14-13(15(24)22(2)17(21)25)19-16(20-14)23-9-6-11(7-10-23)12-5-3-4-8-18-12/h3-5,8,11H,6-7,9-10H2,1-2H3,(H,19,20). The second-order valence-electron chi connectivity index (χ2n) is 6.48. The Hall–Kier alpha value is -2.90. The molecule has 8 nitrogen and oxygen atoms in total. The second kappa shape index (κ2) is 5.87. The lowest BCUT2D eigenvalue weighted by Crippen LogP contribution is -2.36. The Morgan fingerprint density at radius 2 is 1.88 bits per heavy atom. The molecule has 25 heavy (non-hydrogen) atoms. The van der Waals surface area contributed by atoms with E-state index in [1.807, 2.05) is 18.3 Å². The molecule has 1 N–H and O–H groups in total. The van der Waals surface area contributed by atoms with E-state index in [9.17, 15) is 9.59 Å². The molecule has 1 saturated heterocycles. The minimum absolute atomic E-state index is 0.347. The number of nitrogens with zero attached hydrogens (tertiary/aromatic N) is 5. The minimum atomic E-state index is -0.371. The molecule has 4 rings (SSSR count). The van der Waals surface area contributed by atoms with E-state index < -0.39 is 0 Å². The van der Waals surface area contributed by atoms with E-state index in [2.05, 4.69) is 25.9 Å². The third kappa shape index (κ3) is 2.54. The predicted molar refractivity (Wildman–Crippen MR) is 95.0 cm³/mol. The minimum Gasteiger partial charge on any atom is -0.342 e. The Bertz CT molecular complexity index is 1020. The number of aryl methyl sites for hydroxylation is 1. The third-order valence-electron chi connectivity index (χ3n) is 4.98. The van der Waals surface area contributed by atoms with Crippen molar-refractivity contribution in [1.29, 1.82) is 0 Å². The SMILES string of the molecule is Cn1c(=O)c2[nH]c(N3CCC(c4ccccn4)CC3)nc2n(C)c1=O. The third-order valence-corrected chi connectivity index (χ3v) is 4.98. The van der Waals surface area contributed by atoms with Crippen molar-refractivity contribution in [3.8, 4) is 0 Å². The van der Waals surface area contributed by atoms with Gasteiger partial charge in [-0.2, -0.15) is 4.98 Å². The van der Waals surface area contributed by atoms with Crippen LogP contribution in [-0.4, -0.2) is 37.2 Å². The fourth-order valence-corrected chi connectivity index (χ4v) is 3.47. The molecular formula is C17H20N6O2. The summed E-state index contributed by atoms with van der Waals surface area (Å²) >= 11 is 0. The molecule has 3 aromatic heterocycles. The molecule has 0 saturated carbocycles. The lowest BCUT2D eigenvalue weighted by Gasteiger charge is -2.31. The number of hydrogen-bond donors (Lipinski definition) is 1. The molecule has 130 valence electrons. The van der Waals surface area contributed by atoms with E-state index in [4.69, 9.17) is 0 Å². The van der Waals surface area contributed by atoms with Crippen molar-refractivity contribution in [3.63, 3.8) is 0 Å². The molecule has 0 spiro atoms. The van der Waals surface area contributed by atoms with Crippen LogP contribution >= 0.6 is 0 Å². The largest absolute Gasteiger partial charge is 0.342 e. The summed E-state index contributed by atoms with van der Waals surface area (Å²) in [6.07, 6.45) is 3.78. The number of hydrogen-bond acceptors (Lipinski definition) is 5. The molecule has 1 fully saturated rings. The topological polar surface area (TPSA) is 88.8 Å². The van der Waals surface area contributed by atoms with Crippen LogP contribution in [0, 0.1) is 0 Å². The lowest BCUT2D eigenvalue weighted by atomic mass is 9.93. The highest BCUT2D eigenvalue weighted by Crippen LogP contribution is 2.28. The van der Waals surface area contributed by atoms with Gasteiger partial charge in [0.15, 0.2) is 11.2 Å². The summed E-state index contributed by atoms with van der Waals surface area (Å²) in [4.78, 5) is 38.5. The van der Waals surface area contributed by atoms with Crippen LogP contribution in [0.4, 0.5) is 5.95 Å². The molecule has 3 aromatic rings. The van der Waals surface area contributed by atoms with E-state index in [-0.39, 0.29) is 11.2 Å². The van der Waals surface area contributed by atoms with Crippen LogP contribution in [-0.2, 0) is 14.1 Å². The smallest absolute Gasteiger partial charge is 0.332 e. The highest BCUT2D eigenvalue weighted by molar-refractivity contribution is 5.73. The molecule has 0 atom stereocenters. The number of imidazole rings is 1. The maximum atomic E-state index is 12.3. The summed E-state index contributed by atoms with van der Waals surface area (Å²) in [6, 6.07) is 6.02. The number of H-pyrrole nitrogens is 1. The molecule has 0 unspecified atom stereocenters. The Balaban J connectivity index is 1.62. The number of pyridine rings is 1. The summed E-state index contributed by atoms with van der Waals surface area (Å²) in [6.45, 7) is 1.66. The molecule has 0 bridgehead atoms. The molecule has 0 aromatic carbocycles. The van der Waals surface area contributed by atoms with Crippen molar-refractivity contribution in [2.75, 3.05) is 18.0 Å². The van der Waals surface area contributed by atoms with Gasteiger partial charge in [0, 0.05) is 45.0 Å². The average molecular weight is 340 g/mol. The second-order valence-corrected chi connectivity index (χ2v) is 6.48. The van der Waals surface area contributed by atoms with Crippen LogP contribution in [0.2, 0.25) is 0 Å². The Labute approximate surface area is 143 Å². The van der Waals surface area contributed by atoms with E-state index >= 15 is 0 Å². The molecule has 0 aliphatic carbocycles. The molecule has 0 amide bonds. The zero-order valence-electron chi connectivity index (χ0n) is 14.3. The molecule has 1 aliphatic heterocycles. The number of rotatable bonds is 2. The Morgan fingerprint density at radius 3 is 2.56 bits per heavy atom. The number of aromatic nitrogens is 5. The first-order valence-corrected chi connectivity index (χ1v) is 8.38. The van der Waals surface area contributed by atoms with Crippen molar-refractivity contribution in [2.45, 2.75) is 18.8 Å². The number of anilines is 1. The maximum Gasteiger partial charge on any atom is 0.332 e. The molecular weight excluding hydrogens is 320 g/mol. The van der Waals surface area contributed by atoms with Crippen LogP contribution in [0.25, 0.3) is 11.2 Å². The van der Waals surface area contributed by atoms with E-state index in [1.165, 1.54) is 11.6 Å². The normalized spacial score (nSPS) is 15.8. The summed E-state index contributed by atoms with van der Waals surface area (Å²) in [7, 11) is 3.10. The fraction of sp³-hybridized carbons (Fsp3) is 0.412. The van der Waals surface area contributed by atoms with Crippen LogP contribution in [0.15, 0.2) is 34.0 Å². The number of nitrogens with one attached hydrogen (secondary N) is 1. The first-order chi connectivity index (χ1) is 12.1. The van der Waals surface area contributed by atoms with Crippen molar-refractivity contribution in [1.82, 2.24) is 24.1 Å². The Morgan fingerprint density at radius 1 is 1.12 bits per heavy atom. The van der Waals surface area contributed by atoms with Gasteiger partial charge in [0.1, 0.15) is 0 Å². The van der Waals surface area contributed by atoms with Crippen molar-refractivity contribution in [2.24, 2.45) is 14.1 Å². The van der Waals surface area contributed by atoms with Gasteiger partial charge < -0.3 is 9.88 Å². The van der Waals surface area contributed by atoms with Crippen LogP contribution in [0.1, 0.15) is 24.5 Å². The summed E-state index contributed by atoms with van der Waals surface area (Å²) < 4.78 is 2.50.